The van der Waals surface area contributed by atoms with Crippen LogP contribution in [0.2, 0.25) is 0 Å². The molecule has 7 heteroatoms. The second kappa shape index (κ2) is 6.55. The highest BCUT2D eigenvalue weighted by atomic mass is 16.6. The summed E-state index contributed by atoms with van der Waals surface area (Å²) in [5.41, 5.74) is -0.319. The summed E-state index contributed by atoms with van der Waals surface area (Å²) in [7, 11) is 1.55. The predicted molar refractivity (Wildman–Crippen MR) is 65.0 cm³/mol. The van der Waals surface area contributed by atoms with Crippen LogP contribution in [-0.4, -0.2) is 36.3 Å². The zero-order chi connectivity index (χ0) is 13.5. The minimum absolute atomic E-state index is 0.0334. The summed E-state index contributed by atoms with van der Waals surface area (Å²) in [5.74, 6) is -1.20. The Kier molecular flexibility index (Phi) is 5.06. The molecule has 0 aliphatic rings. The molecule has 0 bridgehead atoms. The van der Waals surface area contributed by atoms with E-state index in [1.165, 1.54) is 18.2 Å². The monoisotopic (exact) mass is 254 g/mol. The van der Waals surface area contributed by atoms with Gasteiger partial charge in [-0.3, -0.25) is 10.1 Å². The number of benzene rings is 1. The minimum atomic E-state index is -1.20. The number of aromatic carboxylic acids is 1. The van der Waals surface area contributed by atoms with Crippen molar-refractivity contribution in [2.24, 2.45) is 0 Å². The van der Waals surface area contributed by atoms with Crippen LogP contribution in [0.15, 0.2) is 18.2 Å². The number of anilines is 1. The Labute approximate surface area is 104 Å². The Balaban J connectivity index is 2.96. The van der Waals surface area contributed by atoms with Crippen LogP contribution in [0.3, 0.4) is 0 Å². The molecule has 0 unspecified atom stereocenters. The standard InChI is InChI=1S/C11H14N2O5/c1-18-7-3-6-12-10-8(11(14)15)4-2-5-9(10)13(16)17/h2,4-5,12H,3,6-7H2,1H3,(H,14,15). The van der Waals surface area contributed by atoms with Gasteiger partial charge in [-0.1, -0.05) is 6.07 Å². The number of nitro groups is 1. The largest absolute Gasteiger partial charge is 0.478 e. The van der Waals surface area contributed by atoms with Crippen LogP contribution < -0.4 is 5.32 Å². The Morgan fingerprint density at radius 3 is 2.83 bits per heavy atom. The number of nitrogens with one attached hydrogen (secondary N) is 1. The normalized spacial score (nSPS) is 10.1. The van der Waals surface area contributed by atoms with E-state index in [0.29, 0.717) is 19.6 Å². The Morgan fingerprint density at radius 2 is 2.28 bits per heavy atom. The molecule has 98 valence electrons. The highest BCUT2D eigenvalue weighted by Gasteiger charge is 2.20. The summed E-state index contributed by atoms with van der Waals surface area (Å²) < 4.78 is 4.84. The van der Waals surface area contributed by atoms with E-state index in [0.717, 1.165) is 0 Å². The van der Waals surface area contributed by atoms with Gasteiger partial charge >= 0.3 is 5.97 Å². The zero-order valence-corrected chi connectivity index (χ0v) is 9.88. The summed E-state index contributed by atoms with van der Waals surface area (Å²) in [6.07, 6.45) is 0.627. The molecule has 1 aromatic rings. The molecular weight excluding hydrogens is 240 g/mol. The van der Waals surface area contributed by atoms with Gasteiger partial charge in [-0.15, -0.1) is 0 Å². The third-order valence-electron chi connectivity index (χ3n) is 2.30. The molecule has 0 aromatic heterocycles. The maximum Gasteiger partial charge on any atom is 0.338 e. The Bertz CT molecular complexity index is 415. The highest BCUT2D eigenvalue weighted by molar-refractivity contribution is 5.96. The first-order valence-corrected chi connectivity index (χ1v) is 5.31. The maximum absolute atomic E-state index is 11.0. The second-order valence-electron chi connectivity index (χ2n) is 3.54. The molecule has 1 rings (SSSR count). The summed E-state index contributed by atoms with van der Waals surface area (Å²) in [4.78, 5) is 21.2. The van der Waals surface area contributed by atoms with Crippen molar-refractivity contribution in [2.45, 2.75) is 6.42 Å². The molecule has 2 N–H and O–H groups in total. The topological polar surface area (TPSA) is 102 Å². The molecule has 0 aliphatic carbocycles. The molecule has 0 fully saturated rings. The van der Waals surface area contributed by atoms with Gasteiger partial charge in [-0.2, -0.15) is 0 Å². The molecule has 0 saturated carbocycles. The number of para-hydroxylation sites is 1. The van der Waals surface area contributed by atoms with Crippen LogP contribution in [0.1, 0.15) is 16.8 Å². The second-order valence-corrected chi connectivity index (χ2v) is 3.54. The first-order chi connectivity index (χ1) is 8.57. The van der Waals surface area contributed by atoms with E-state index >= 15 is 0 Å². The summed E-state index contributed by atoms with van der Waals surface area (Å²) in [6, 6.07) is 3.95. The minimum Gasteiger partial charge on any atom is -0.478 e. The van der Waals surface area contributed by atoms with E-state index in [1.54, 1.807) is 7.11 Å². The molecule has 0 saturated heterocycles. The first kappa shape index (κ1) is 13.9. The quantitative estimate of drug-likeness (QED) is 0.436. The smallest absolute Gasteiger partial charge is 0.338 e. The lowest BCUT2D eigenvalue weighted by Crippen LogP contribution is -2.11. The van der Waals surface area contributed by atoms with Crippen molar-refractivity contribution in [2.75, 3.05) is 25.6 Å². The third kappa shape index (κ3) is 3.42. The van der Waals surface area contributed by atoms with Crippen molar-refractivity contribution in [1.82, 2.24) is 0 Å². The van der Waals surface area contributed by atoms with Crippen molar-refractivity contribution in [3.8, 4) is 0 Å². The summed E-state index contributed by atoms with van der Waals surface area (Å²) in [5, 5.41) is 22.6. The summed E-state index contributed by atoms with van der Waals surface area (Å²) in [6.45, 7) is 0.898. The number of carbonyl (C=O) groups is 1. The van der Waals surface area contributed by atoms with Gasteiger partial charge < -0.3 is 15.2 Å². The number of hydrogen-bond donors (Lipinski definition) is 2. The average Bonchev–Trinajstić information content (AvgIpc) is 2.34. The molecule has 1 aromatic carbocycles. The van der Waals surface area contributed by atoms with Gasteiger partial charge in [0, 0.05) is 26.3 Å². The van der Waals surface area contributed by atoms with Crippen LogP contribution in [0, 0.1) is 10.1 Å². The van der Waals surface area contributed by atoms with Crippen LogP contribution >= 0.6 is 0 Å². The molecular formula is C11H14N2O5. The van der Waals surface area contributed by atoms with Crippen molar-refractivity contribution in [1.29, 1.82) is 0 Å². The lowest BCUT2D eigenvalue weighted by molar-refractivity contribution is -0.384. The Morgan fingerprint density at radius 1 is 1.56 bits per heavy atom. The first-order valence-electron chi connectivity index (χ1n) is 5.31. The number of hydrogen-bond acceptors (Lipinski definition) is 5. The van der Waals surface area contributed by atoms with Crippen molar-refractivity contribution in [3.05, 3.63) is 33.9 Å². The number of nitrogens with zero attached hydrogens (tertiary/aromatic N) is 1. The fourth-order valence-corrected chi connectivity index (χ4v) is 1.49. The van der Waals surface area contributed by atoms with Gasteiger partial charge in [0.15, 0.2) is 0 Å². The maximum atomic E-state index is 11.0. The van der Waals surface area contributed by atoms with Gasteiger partial charge in [0.25, 0.3) is 5.69 Å². The number of carboxylic acid groups (broad SMARTS) is 1. The molecule has 0 radical (unpaired) electrons. The van der Waals surface area contributed by atoms with Crippen LogP contribution in [0.25, 0.3) is 0 Å². The van der Waals surface area contributed by atoms with Crippen LogP contribution in [0.4, 0.5) is 11.4 Å². The van der Waals surface area contributed by atoms with E-state index in [1.807, 2.05) is 0 Å². The predicted octanol–water partition coefficient (Wildman–Crippen LogP) is 1.74. The molecule has 0 atom stereocenters. The van der Waals surface area contributed by atoms with Gasteiger partial charge in [-0.25, -0.2) is 4.79 Å². The fourth-order valence-electron chi connectivity index (χ4n) is 1.49. The van der Waals surface area contributed by atoms with Crippen molar-refractivity contribution < 1.29 is 19.6 Å². The van der Waals surface area contributed by atoms with Crippen LogP contribution in [-0.2, 0) is 4.74 Å². The lowest BCUT2D eigenvalue weighted by Gasteiger charge is -2.09. The number of nitro benzene ring substituents is 1. The molecule has 18 heavy (non-hydrogen) atoms. The van der Waals surface area contributed by atoms with E-state index in [-0.39, 0.29) is 16.9 Å². The molecule has 7 nitrogen and oxygen atoms in total. The highest BCUT2D eigenvalue weighted by Crippen LogP contribution is 2.28. The molecule has 0 amide bonds. The van der Waals surface area contributed by atoms with Gasteiger partial charge in [0.05, 0.1) is 10.5 Å². The van der Waals surface area contributed by atoms with Crippen molar-refractivity contribution in [3.63, 3.8) is 0 Å². The van der Waals surface area contributed by atoms with Gasteiger partial charge in [0.1, 0.15) is 5.69 Å². The summed E-state index contributed by atoms with van der Waals surface area (Å²) >= 11 is 0. The third-order valence-corrected chi connectivity index (χ3v) is 2.30. The zero-order valence-electron chi connectivity index (χ0n) is 9.88. The number of carboxylic acids is 1. The van der Waals surface area contributed by atoms with Crippen LogP contribution in [0.5, 0.6) is 0 Å². The number of ether oxygens (including phenoxy) is 1. The van der Waals surface area contributed by atoms with Gasteiger partial charge in [-0.05, 0) is 12.5 Å². The lowest BCUT2D eigenvalue weighted by atomic mass is 10.1. The fraction of sp³-hybridized carbons (Fsp3) is 0.364. The molecule has 0 spiro atoms. The number of methoxy groups -OCH3 is 1. The number of rotatable bonds is 7. The Hall–Kier alpha value is -2.15. The molecule has 0 heterocycles. The van der Waals surface area contributed by atoms with E-state index in [2.05, 4.69) is 5.32 Å². The van der Waals surface area contributed by atoms with Crippen molar-refractivity contribution >= 4 is 17.3 Å². The SMILES string of the molecule is COCCCNc1c(C(=O)O)cccc1[N+](=O)[O-]. The van der Waals surface area contributed by atoms with E-state index in [9.17, 15) is 14.9 Å². The van der Waals surface area contributed by atoms with Gasteiger partial charge in [0.2, 0.25) is 0 Å². The van der Waals surface area contributed by atoms with E-state index < -0.39 is 10.9 Å². The van der Waals surface area contributed by atoms with E-state index in [4.69, 9.17) is 9.84 Å². The average molecular weight is 254 g/mol. The molecule has 0 aliphatic heterocycles.